The third-order valence-electron chi connectivity index (χ3n) is 2.06. The van der Waals surface area contributed by atoms with Gasteiger partial charge in [-0.2, -0.15) is 0 Å². The lowest BCUT2D eigenvalue weighted by Gasteiger charge is -2.34. The molecule has 0 spiro atoms. The van der Waals surface area contributed by atoms with Crippen molar-refractivity contribution in [2.24, 2.45) is 0 Å². The molecule has 0 aromatic heterocycles. The summed E-state index contributed by atoms with van der Waals surface area (Å²) in [6.45, 7) is 15.6. The summed E-state index contributed by atoms with van der Waals surface area (Å²) in [7, 11) is 0. The number of nitrogens with one attached hydrogen (secondary N) is 2. The Hall–Kier alpha value is -0.0800. The van der Waals surface area contributed by atoms with Gasteiger partial charge in [0.1, 0.15) is 0 Å². The van der Waals surface area contributed by atoms with Crippen LogP contribution in [0.2, 0.25) is 0 Å². The second-order valence-corrected chi connectivity index (χ2v) is 6.48. The van der Waals surface area contributed by atoms with Crippen molar-refractivity contribution in [2.45, 2.75) is 85.0 Å². The third-order valence-corrected chi connectivity index (χ3v) is 2.06. The highest BCUT2D eigenvalue weighted by Crippen LogP contribution is 2.09. The molecule has 0 aliphatic rings. The molecular formula is C13H30N2. The Balaban J connectivity index is 4.19. The molecule has 0 bridgehead atoms. The molecule has 0 aliphatic carbocycles. The molecule has 0 saturated carbocycles. The first kappa shape index (κ1) is 14.9. The van der Waals surface area contributed by atoms with Crippen LogP contribution in [0.15, 0.2) is 0 Å². The van der Waals surface area contributed by atoms with Crippen molar-refractivity contribution in [1.29, 1.82) is 0 Å². The van der Waals surface area contributed by atoms with E-state index < -0.39 is 0 Å². The molecule has 0 aromatic carbocycles. The fraction of sp³-hybridized carbons (Fsp3) is 1.00. The highest BCUT2D eigenvalue weighted by molar-refractivity contribution is 4.81. The number of hydrogen-bond donors (Lipinski definition) is 2. The van der Waals surface area contributed by atoms with E-state index in [1.54, 1.807) is 0 Å². The lowest BCUT2D eigenvalue weighted by Crippen LogP contribution is -2.56. The van der Waals surface area contributed by atoms with Crippen LogP contribution in [0.1, 0.15) is 67.7 Å². The molecule has 0 radical (unpaired) electrons. The van der Waals surface area contributed by atoms with E-state index in [0.29, 0.717) is 6.17 Å². The van der Waals surface area contributed by atoms with Crippen molar-refractivity contribution in [3.63, 3.8) is 0 Å². The molecule has 2 N–H and O–H groups in total. The number of unbranched alkanes of at least 4 members (excludes halogenated alkanes) is 1. The van der Waals surface area contributed by atoms with Crippen LogP contribution >= 0.6 is 0 Å². The summed E-state index contributed by atoms with van der Waals surface area (Å²) < 4.78 is 0. The maximum absolute atomic E-state index is 3.64. The second kappa shape index (κ2) is 5.86. The normalized spacial score (nSPS) is 13.6. The van der Waals surface area contributed by atoms with E-state index in [2.05, 4.69) is 59.1 Å². The average Bonchev–Trinajstić information content (AvgIpc) is 1.94. The van der Waals surface area contributed by atoms with E-state index in [9.17, 15) is 0 Å². The first-order chi connectivity index (χ1) is 6.64. The predicted octanol–water partition coefficient (Wildman–Crippen LogP) is 3.28. The van der Waals surface area contributed by atoms with Crippen molar-refractivity contribution >= 4 is 0 Å². The van der Waals surface area contributed by atoms with Gasteiger partial charge in [0.05, 0.1) is 6.17 Å². The fourth-order valence-electron chi connectivity index (χ4n) is 1.63. The zero-order valence-electron chi connectivity index (χ0n) is 11.7. The Morgan fingerprint density at radius 1 is 0.867 bits per heavy atom. The molecule has 0 saturated heterocycles. The average molecular weight is 214 g/mol. The number of rotatable bonds is 5. The standard InChI is InChI=1S/C13H30N2/c1-8-9-10-11(14-12(2,3)4)15-13(5,6)7/h11,14-15H,8-10H2,1-7H3. The minimum absolute atomic E-state index is 0.177. The largest absolute Gasteiger partial charge is 0.297 e. The van der Waals surface area contributed by atoms with Gasteiger partial charge in [-0.3, -0.25) is 10.6 Å². The van der Waals surface area contributed by atoms with E-state index in [4.69, 9.17) is 0 Å². The zero-order chi connectivity index (χ0) is 12.1. The van der Waals surface area contributed by atoms with Crippen LogP contribution in [-0.2, 0) is 0 Å². The lowest BCUT2D eigenvalue weighted by molar-refractivity contribution is 0.248. The van der Waals surface area contributed by atoms with Crippen LogP contribution in [0.25, 0.3) is 0 Å². The Labute approximate surface area is 96.2 Å². The Morgan fingerprint density at radius 2 is 1.27 bits per heavy atom. The summed E-state index contributed by atoms with van der Waals surface area (Å²) in [6, 6.07) is 0. The first-order valence-electron chi connectivity index (χ1n) is 6.19. The lowest BCUT2D eigenvalue weighted by atomic mass is 10.0. The Bertz CT molecular complexity index is 146. The second-order valence-electron chi connectivity index (χ2n) is 6.48. The quantitative estimate of drug-likeness (QED) is 0.686. The van der Waals surface area contributed by atoms with Crippen LogP contribution in [0.5, 0.6) is 0 Å². The van der Waals surface area contributed by atoms with Crippen LogP contribution < -0.4 is 10.6 Å². The van der Waals surface area contributed by atoms with Crippen LogP contribution in [-0.4, -0.2) is 17.2 Å². The molecule has 0 rings (SSSR count). The summed E-state index contributed by atoms with van der Waals surface area (Å²) >= 11 is 0. The molecule has 0 unspecified atom stereocenters. The van der Waals surface area contributed by atoms with E-state index in [0.717, 1.165) is 0 Å². The molecule has 0 amide bonds. The molecule has 0 aliphatic heterocycles. The smallest absolute Gasteiger partial charge is 0.0579 e. The third kappa shape index (κ3) is 10.2. The molecule has 0 atom stereocenters. The Morgan fingerprint density at radius 3 is 1.53 bits per heavy atom. The minimum atomic E-state index is 0.177. The van der Waals surface area contributed by atoms with Gasteiger partial charge in [0, 0.05) is 11.1 Å². The molecule has 15 heavy (non-hydrogen) atoms. The van der Waals surface area contributed by atoms with Crippen molar-refractivity contribution in [1.82, 2.24) is 10.6 Å². The van der Waals surface area contributed by atoms with Crippen molar-refractivity contribution in [3.8, 4) is 0 Å². The van der Waals surface area contributed by atoms with Crippen molar-refractivity contribution in [3.05, 3.63) is 0 Å². The summed E-state index contributed by atoms with van der Waals surface area (Å²) in [5.74, 6) is 0. The summed E-state index contributed by atoms with van der Waals surface area (Å²) in [6.07, 6.45) is 4.15. The van der Waals surface area contributed by atoms with Crippen LogP contribution in [0.3, 0.4) is 0 Å². The topological polar surface area (TPSA) is 24.1 Å². The zero-order valence-corrected chi connectivity index (χ0v) is 11.7. The summed E-state index contributed by atoms with van der Waals surface area (Å²) in [4.78, 5) is 0. The minimum Gasteiger partial charge on any atom is -0.297 e. The maximum atomic E-state index is 3.64. The van der Waals surface area contributed by atoms with E-state index in [1.807, 2.05) is 0 Å². The highest BCUT2D eigenvalue weighted by atomic mass is 15.2. The van der Waals surface area contributed by atoms with Gasteiger partial charge in [0.2, 0.25) is 0 Å². The summed E-state index contributed by atoms with van der Waals surface area (Å²) in [5, 5.41) is 7.27. The molecule has 0 fully saturated rings. The van der Waals surface area contributed by atoms with Crippen LogP contribution in [0, 0.1) is 0 Å². The monoisotopic (exact) mass is 214 g/mol. The van der Waals surface area contributed by atoms with Gasteiger partial charge in [-0.25, -0.2) is 0 Å². The van der Waals surface area contributed by atoms with E-state index >= 15 is 0 Å². The van der Waals surface area contributed by atoms with Gasteiger partial charge in [-0.15, -0.1) is 0 Å². The SMILES string of the molecule is CCCCC(NC(C)(C)C)NC(C)(C)C. The summed E-state index contributed by atoms with van der Waals surface area (Å²) in [5.41, 5.74) is 0.354. The van der Waals surface area contributed by atoms with Gasteiger partial charge in [0.25, 0.3) is 0 Å². The van der Waals surface area contributed by atoms with Gasteiger partial charge in [0.15, 0.2) is 0 Å². The fourth-order valence-corrected chi connectivity index (χ4v) is 1.63. The van der Waals surface area contributed by atoms with Gasteiger partial charge in [-0.1, -0.05) is 19.8 Å². The van der Waals surface area contributed by atoms with Crippen LogP contribution in [0.4, 0.5) is 0 Å². The van der Waals surface area contributed by atoms with Gasteiger partial charge < -0.3 is 0 Å². The maximum Gasteiger partial charge on any atom is 0.0579 e. The van der Waals surface area contributed by atoms with Gasteiger partial charge in [-0.05, 0) is 48.0 Å². The Kier molecular flexibility index (Phi) is 5.82. The predicted molar refractivity (Wildman–Crippen MR) is 69.1 cm³/mol. The van der Waals surface area contributed by atoms with Crippen molar-refractivity contribution in [2.75, 3.05) is 0 Å². The van der Waals surface area contributed by atoms with Crippen molar-refractivity contribution < 1.29 is 0 Å². The molecule has 0 heterocycles. The molecule has 2 heteroatoms. The molecule has 2 nitrogen and oxygen atoms in total. The van der Waals surface area contributed by atoms with Gasteiger partial charge >= 0.3 is 0 Å². The first-order valence-corrected chi connectivity index (χ1v) is 6.19. The number of hydrogen-bond acceptors (Lipinski definition) is 2. The highest BCUT2D eigenvalue weighted by Gasteiger charge is 2.20. The van der Waals surface area contributed by atoms with E-state index in [1.165, 1.54) is 19.3 Å². The molecular weight excluding hydrogens is 184 g/mol. The molecule has 0 aromatic rings. The van der Waals surface area contributed by atoms with E-state index in [-0.39, 0.29) is 11.1 Å². The molecule has 92 valence electrons.